The van der Waals surface area contributed by atoms with Crippen molar-refractivity contribution in [3.05, 3.63) is 48.6 Å². The number of rotatable bonds is 5. The van der Waals surface area contributed by atoms with Gasteiger partial charge in [-0.1, -0.05) is 0 Å². The summed E-state index contributed by atoms with van der Waals surface area (Å²) in [6.45, 7) is 5.71. The third-order valence-corrected chi connectivity index (χ3v) is 3.99. The van der Waals surface area contributed by atoms with Gasteiger partial charge in [0.15, 0.2) is 0 Å². The van der Waals surface area contributed by atoms with Gasteiger partial charge in [0, 0.05) is 17.1 Å². The number of anilines is 1. The van der Waals surface area contributed by atoms with Gasteiger partial charge in [-0.05, 0) is 51.1 Å². The van der Waals surface area contributed by atoms with Crippen LogP contribution in [0.15, 0.2) is 47.2 Å². The number of hydrogen-bond donors (Lipinski definition) is 3. The van der Waals surface area contributed by atoms with Gasteiger partial charge in [0.1, 0.15) is 11.4 Å². The van der Waals surface area contributed by atoms with Crippen molar-refractivity contribution in [1.29, 1.82) is 0 Å². The van der Waals surface area contributed by atoms with Gasteiger partial charge in [0.25, 0.3) is 0 Å². The highest BCUT2D eigenvalue weighted by molar-refractivity contribution is 5.92. The van der Waals surface area contributed by atoms with E-state index in [-0.39, 0.29) is 12.6 Å². The Morgan fingerprint density at radius 3 is 2.88 bits per heavy atom. The van der Waals surface area contributed by atoms with Crippen LogP contribution >= 0.6 is 0 Å². The predicted molar refractivity (Wildman–Crippen MR) is 95.4 cm³/mol. The highest BCUT2D eigenvalue weighted by Crippen LogP contribution is 2.22. The molecule has 0 radical (unpaired) electrons. The Hall–Kier alpha value is -2.80. The van der Waals surface area contributed by atoms with Gasteiger partial charge >= 0.3 is 6.03 Å². The second-order valence-corrected chi connectivity index (χ2v) is 6.52. The van der Waals surface area contributed by atoms with E-state index >= 15 is 0 Å². The predicted octanol–water partition coefficient (Wildman–Crippen LogP) is 3.24. The number of aliphatic hydroxyl groups is 1. The van der Waals surface area contributed by atoms with Crippen LogP contribution < -0.4 is 10.6 Å². The fourth-order valence-electron chi connectivity index (χ4n) is 2.63. The number of furan rings is 1. The van der Waals surface area contributed by atoms with Crippen LogP contribution in [0.2, 0.25) is 0 Å². The molecule has 0 fully saturated rings. The Bertz CT molecular complexity index is 866. The number of benzene rings is 1. The lowest BCUT2D eigenvalue weighted by Gasteiger charge is -2.21. The summed E-state index contributed by atoms with van der Waals surface area (Å²) in [5.74, 6) is 0.398. The number of carbonyl (C=O) groups excluding carboxylic acids is 1. The summed E-state index contributed by atoms with van der Waals surface area (Å²) >= 11 is 0. The molecule has 0 bridgehead atoms. The topological polar surface area (TPSA) is 92.3 Å². The van der Waals surface area contributed by atoms with Crippen molar-refractivity contribution in [2.75, 3.05) is 11.9 Å². The second kappa shape index (κ2) is 6.60. The van der Waals surface area contributed by atoms with Crippen LogP contribution in [0.5, 0.6) is 0 Å². The molecule has 3 N–H and O–H groups in total. The zero-order valence-electron chi connectivity index (χ0n) is 14.5. The fourth-order valence-corrected chi connectivity index (χ4v) is 2.63. The molecule has 0 saturated heterocycles. The molecule has 1 atom stereocenters. The van der Waals surface area contributed by atoms with E-state index in [4.69, 9.17) is 4.42 Å². The Kier molecular flexibility index (Phi) is 4.50. The maximum Gasteiger partial charge on any atom is 0.319 e. The quantitative estimate of drug-likeness (QED) is 0.664. The van der Waals surface area contributed by atoms with Crippen LogP contribution in [0.25, 0.3) is 10.9 Å². The number of nitrogens with zero attached hydrogens (tertiary/aromatic N) is 2. The lowest BCUT2D eigenvalue weighted by atomic mass is 10.0. The molecule has 0 aliphatic carbocycles. The summed E-state index contributed by atoms with van der Waals surface area (Å²) < 4.78 is 7.10. The van der Waals surface area contributed by atoms with E-state index < -0.39 is 11.6 Å². The standard InChI is InChI=1S/C18H22N4O3/c1-12(2)22-15-9-14(7-6-13(15)10-20-22)21-17(23)19-11-18(3,24)16-5-4-8-25-16/h4-10,12,24H,11H2,1-3H3,(H2,19,21,23)/t18-/m0/s1. The number of urea groups is 1. The van der Waals surface area contributed by atoms with Gasteiger partial charge < -0.3 is 20.2 Å². The van der Waals surface area contributed by atoms with Crippen molar-refractivity contribution in [2.24, 2.45) is 0 Å². The first kappa shape index (κ1) is 17.0. The summed E-state index contributed by atoms with van der Waals surface area (Å²) in [7, 11) is 0. The van der Waals surface area contributed by atoms with Crippen LogP contribution in [-0.2, 0) is 5.60 Å². The average Bonchev–Trinajstić information content (AvgIpc) is 3.22. The second-order valence-electron chi connectivity index (χ2n) is 6.52. The van der Waals surface area contributed by atoms with Crippen LogP contribution in [0, 0.1) is 0 Å². The number of nitrogens with one attached hydrogen (secondary N) is 2. The molecular formula is C18H22N4O3. The van der Waals surface area contributed by atoms with E-state index in [1.54, 1.807) is 25.3 Å². The molecule has 3 rings (SSSR count). The molecule has 2 heterocycles. The highest BCUT2D eigenvalue weighted by atomic mass is 16.4. The van der Waals surface area contributed by atoms with Crippen molar-refractivity contribution >= 4 is 22.6 Å². The van der Waals surface area contributed by atoms with E-state index in [9.17, 15) is 9.90 Å². The van der Waals surface area contributed by atoms with Gasteiger partial charge in [-0.25, -0.2) is 4.79 Å². The van der Waals surface area contributed by atoms with Gasteiger partial charge in [0.05, 0.1) is 24.5 Å². The molecule has 0 unspecified atom stereocenters. The van der Waals surface area contributed by atoms with Gasteiger partial charge in [-0.15, -0.1) is 0 Å². The van der Waals surface area contributed by atoms with Crippen molar-refractivity contribution in [2.45, 2.75) is 32.4 Å². The number of carbonyl (C=O) groups is 1. The van der Waals surface area contributed by atoms with Crippen LogP contribution in [-0.4, -0.2) is 27.5 Å². The number of aromatic nitrogens is 2. The Balaban J connectivity index is 1.67. The average molecular weight is 342 g/mol. The van der Waals surface area contributed by atoms with Gasteiger partial charge in [0.2, 0.25) is 0 Å². The third kappa shape index (κ3) is 3.66. The molecule has 0 saturated carbocycles. The van der Waals surface area contributed by atoms with E-state index in [1.165, 1.54) is 6.26 Å². The first-order chi connectivity index (χ1) is 11.9. The molecule has 7 nitrogen and oxygen atoms in total. The number of hydrogen-bond acceptors (Lipinski definition) is 4. The van der Waals surface area contributed by atoms with Crippen molar-refractivity contribution in [3.8, 4) is 0 Å². The van der Waals surface area contributed by atoms with E-state index in [1.807, 2.05) is 22.9 Å². The molecule has 2 amide bonds. The van der Waals surface area contributed by atoms with Crippen LogP contribution in [0.4, 0.5) is 10.5 Å². The largest absolute Gasteiger partial charge is 0.466 e. The maximum atomic E-state index is 12.1. The minimum atomic E-state index is -1.28. The molecule has 7 heteroatoms. The smallest absolute Gasteiger partial charge is 0.319 e. The lowest BCUT2D eigenvalue weighted by molar-refractivity contribution is 0.0372. The SMILES string of the molecule is CC(C)n1ncc2ccc(NC(=O)NC[C@](C)(O)c3ccco3)cc21. The Morgan fingerprint density at radius 2 is 2.20 bits per heavy atom. The monoisotopic (exact) mass is 342 g/mol. The molecule has 3 aromatic rings. The first-order valence-electron chi connectivity index (χ1n) is 8.15. The molecule has 25 heavy (non-hydrogen) atoms. The van der Waals surface area contributed by atoms with Crippen LogP contribution in [0.1, 0.15) is 32.6 Å². The maximum absolute atomic E-state index is 12.1. The van der Waals surface area contributed by atoms with E-state index in [2.05, 4.69) is 29.6 Å². The summed E-state index contributed by atoms with van der Waals surface area (Å²) in [6.07, 6.45) is 3.29. The minimum absolute atomic E-state index is 0.0263. The molecule has 132 valence electrons. The molecule has 2 aromatic heterocycles. The van der Waals surface area contributed by atoms with Gasteiger partial charge in [-0.2, -0.15) is 5.10 Å². The normalized spacial score (nSPS) is 13.8. The van der Waals surface area contributed by atoms with Crippen molar-refractivity contribution in [3.63, 3.8) is 0 Å². The molecule has 1 aromatic carbocycles. The molecule has 0 spiro atoms. The minimum Gasteiger partial charge on any atom is -0.466 e. The molecule has 0 aliphatic rings. The third-order valence-electron chi connectivity index (χ3n) is 3.99. The Labute approximate surface area is 145 Å². The molecular weight excluding hydrogens is 320 g/mol. The number of fused-ring (bicyclic) bond motifs is 1. The zero-order valence-corrected chi connectivity index (χ0v) is 14.5. The van der Waals surface area contributed by atoms with E-state index in [0.29, 0.717) is 11.4 Å². The van der Waals surface area contributed by atoms with Crippen molar-refractivity contribution < 1.29 is 14.3 Å². The summed E-state index contributed by atoms with van der Waals surface area (Å²) in [5.41, 5.74) is 0.335. The van der Waals surface area contributed by atoms with E-state index in [0.717, 1.165) is 10.9 Å². The fraction of sp³-hybridized carbons (Fsp3) is 0.333. The molecule has 0 aliphatic heterocycles. The summed E-state index contributed by atoms with van der Waals surface area (Å²) in [4.78, 5) is 12.1. The number of amides is 2. The zero-order chi connectivity index (χ0) is 18.0. The lowest BCUT2D eigenvalue weighted by Crippen LogP contribution is -2.40. The summed E-state index contributed by atoms with van der Waals surface area (Å²) in [5, 5.41) is 21.2. The van der Waals surface area contributed by atoms with Crippen molar-refractivity contribution in [1.82, 2.24) is 15.1 Å². The highest BCUT2D eigenvalue weighted by Gasteiger charge is 2.26. The van der Waals surface area contributed by atoms with Crippen LogP contribution in [0.3, 0.4) is 0 Å². The first-order valence-corrected chi connectivity index (χ1v) is 8.15. The van der Waals surface area contributed by atoms with Gasteiger partial charge in [-0.3, -0.25) is 4.68 Å². The summed E-state index contributed by atoms with van der Waals surface area (Å²) in [6, 6.07) is 8.80. The Morgan fingerprint density at radius 1 is 1.40 bits per heavy atom.